The lowest BCUT2D eigenvalue weighted by atomic mass is 9.88. The Morgan fingerprint density at radius 3 is 2.29 bits per heavy atom. The fourth-order valence-corrected chi connectivity index (χ4v) is 5.71. The van der Waals surface area contributed by atoms with Gasteiger partial charge in [-0.1, -0.05) is 50.3 Å². The predicted molar refractivity (Wildman–Crippen MR) is 192 cm³/mol. The van der Waals surface area contributed by atoms with Gasteiger partial charge in [0, 0.05) is 29.8 Å². The van der Waals surface area contributed by atoms with Crippen LogP contribution >= 0.6 is 0 Å². The largest absolute Gasteiger partial charge is 0.444 e. The fraction of sp³-hybridized carbons (Fsp3) is 0.541. The van der Waals surface area contributed by atoms with E-state index in [1.807, 2.05) is 65.0 Å². The van der Waals surface area contributed by atoms with Crippen LogP contribution in [0.15, 0.2) is 54.7 Å². The third-order valence-corrected chi connectivity index (χ3v) is 8.11. The van der Waals surface area contributed by atoms with Crippen molar-refractivity contribution in [2.45, 2.75) is 124 Å². The number of amides is 3. The van der Waals surface area contributed by atoms with Crippen molar-refractivity contribution < 1.29 is 23.9 Å². The van der Waals surface area contributed by atoms with Gasteiger partial charge in [-0.15, -0.1) is 0 Å². The van der Waals surface area contributed by atoms with Crippen molar-refractivity contribution in [3.8, 4) is 0 Å². The molecule has 266 valence electrons. The Morgan fingerprint density at radius 2 is 1.69 bits per heavy atom. The number of likely N-dealkylation sites (tertiary alicyclic amines) is 1. The molecule has 0 aliphatic carbocycles. The minimum absolute atomic E-state index is 0.0699. The van der Waals surface area contributed by atoms with Gasteiger partial charge in [0.25, 0.3) is 0 Å². The standard InChI is InChI=1S/C37H53N7O5/c1-12-16-29(45)41-31(25-17-14-13-15-18-25)43(34(47)49-36(7,8)9)30-21-28(40-32-27(24(2)3)22-38-44(30)32)39-26-19-20-37(10,11)42(23-26)33(46)48-35(4,5)6/h12-18,21-22,24,26,31H,19-20,23H2,1-11H3,(H,39,40)(H,41,45)/t26-,31?/m0/s1. The minimum Gasteiger partial charge on any atom is -0.444 e. The van der Waals surface area contributed by atoms with Crippen LogP contribution in [0.5, 0.6) is 0 Å². The van der Waals surface area contributed by atoms with Crippen molar-refractivity contribution in [1.82, 2.24) is 24.8 Å². The zero-order valence-corrected chi connectivity index (χ0v) is 30.8. The molecule has 0 bridgehead atoms. The third-order valence-electron chi connectivity index (χ3n) is 8.11. The van der Waals surface area contributed by atoms with Crippen LogP contribution in [-0.4, -0.2) is 66.9 Å². The molecule has 1 saturated heterocycles. The van der Waals surface area contributed by atoms with Gasteiger partial charge in [-0.25, -0.2) is 19.5 Å². The molecule has 1 aromatic carbocycles. The minimum atomic E-state index is -0.969. The summed E-state index contributed by atoms with van der Waals surface area (Å²) in [6.45, 7) is 21.3. The molecular weight excluding hydrogens is 622 g/mol. The zero-order valence-electron chi connectivity index (χ0n) is 30.8. The number of ether oxygens (including phenoxy) is 2. The lowest BCUT2D eigenvalue weighted by Gasteiger charge is -2.45. The number of hydrogen-bond acceptors (Lipinski definition) is 8. The second kappa shape index (κ2) is 14.5. The van der Waals surface area contributed by atoms with Gasteiger partial charge in [0.1, 0.15) is 29.0 Å². The van der Waals surface area contributed by atoms with Crippen molar-refractivity contribution in [3.63, 3.8) is 0 Å². The van der Waals surface area contributed by atoms with Crippen molar-refractivity contribution in [1.29, 1.82) is 0 Å². The van der Waals surface area contributed by atoms with Crippen LogP contribution < -0.4 is 15.5 Å². The van der Waals surface area contributed by atoms with E-state index < -0.39 is 29.0 Å². The highest BCUT2D eigenvalue weighted by atomic mass is 16.6. The number of nitrogens with one attached hydrogen (secondary N) is 2. The molecule has 49 heavy (non-hydrogen) atoms. The number of benzene rings is 1. The molecule has 3 heterocycles. The van der Waals surface area contributed by atoms with Crippen LogP contribution in [-0.2, 0) is 14.3 Å². The summed E-state index contributed by atoms with van der Waals surface area (Å²) in [5.41, 5.74) is 0.210. The van der Waals surface area contributed by atoms with E-state index in [0.717, 1.165) is 18.4 Å². The van der Waals surface area contributed by atoms with Crippen LogP contribution in [0.4, 0.5) is 21.2 Å². The first-order valence-corrected chi connectivity index (χ1v) is 17.0. The van der Waals surface area contributed by atoms with Gasteiger partial charge in [0.15, 0.2) is 5.65 Å². The first kappa shape index (κ1) is 37.2. The number of rotatable bonds is 8. The van der Waals surface area contributed by atoms with E-state index >= 15 is 0 Å². The lowest BCUT2D eigenvalue weighted by molar-refractivity contribution is -0.117. The second-order valence-corrected chi connectivity index (χ2v) is 15.4. The smallest absolute Gasteiger partial charge is 0.418 e. The van der Waals surface area contributed by atoms with Gasteiger partial charge < -0.3 is 25.0 Å². The average molecular weight is 676 g/mol. The molecule has 4 rings (SSSR count). The maximum absolute atomic E-state index is 14.3. The number of allylic oxidation sites excluding steroid dienone is 1. The molecule has 3 amide bonds. The number of aromatic nitrogens is 3. The molecule has 12 nitrogen and oxygen atoms in total. The van der Waals surface area contributed by atoms with Gasteiger partial charge in [0.2, 0.25) is 5.91 Å². The Morgan fingerprint density at radius 1 is 1.04 bits per heavy atom. The van der Waals surface area contributed by atoms with Crippen LogP contribution in [0.1, 0.15) is 112 Å². The van der Waals surface area contributed by atoms with Gasteiger partial charge in [-0.05, 0) is 92.7 Å². The summed E-state index contributed by atoms with van der Waals surface area (Å²) in [6.07, 6.45) is 4.27. The number of carbonyl (C=O) groups excluding carboxylic acids is 3. The normalized spacial score (nSPS) is 17.2. The van der Waals surface area contributed by atoms with Crippen LogP contribution in [0, 0.1) is 0 Å². The van der Waals surface area contributed by atoms with Gasteiger partial charge in [-0.3, -0.25) is 4.79 Å². The van der Waals surface area contributed by atoms with Crippen LogP contribution in [0.3, 0.4) is 0 Å². The molecular formula is C37H53N7O5. The first-order chi connectivity index (χ1) is 22.8. The highest BCUT2D eigenvalue weighted by Gasteiger charge is 2.40. The Labute approximate surface area is 290 Å². The highest BCUT2D eigenvalue weighted by molar-refractivity contribution is 5.92. The van der Waals surface area contributed by atoms with E-state index in [2.05, 4.69) is 29.6 Å². The molecule has 1 aliphatic heterocycles. The fourth-order valence-electron chi connectivity index (χ4n) is 5.71. The molecule has 3 aromatic rings. The summed E-state index contributed by atoms with van der Waals surface area (Å²) in [6, 6.07) is 10.8. The van der Waals surface area contributed by atoms with Gasteiger partial charge in [0.05, 0.1) is 6.20 Å². The predicted octanol–water partition coefficient (Wildman–Crippen LogP) is 7.58. The van der Waals surface area contributed by atoms with Gasteiger partial charge in [-0.2, -0.15) is 9.61 Å². The van der Waals surface area contributed by atoms with E-state index in [-0.39, 0.29) is 24.0 Å². The number of fused-ring (bicyclic) bond motifs is 1. The van der Waals surface area contributed by atoms with Crippen molar-refractivity contribution in [2.24, 2.45) is 0 Å². The molecule has 2 aromatic heterocycles. The number of anilines is 2. The Balaban J connectivity index is 1.87. The van der Waals surface area contributed by atoms with E-state index in [1.165, 1.54) is 11.0 Å². The second-order valence-electron chi connectivity index (χ2n) is 15.4. The number of carbonyl (C=O) groups is 3. The van der Waals surface area contributed by atoms with Crippen LogP contribution in [0.2, 0.25) is 0 Å². The molecule has 2 N–H and O–H groups in total. The van der Waals surface area contributed by atoms with Crippen molar-refractivity contribution >= 4 is 35.4 Å². The Bertz CT molecular complexity index is 1670. The Hall–Kier alpha value is -4.61. The number of hydrogen-bond donors (Lipinski definition) is 2. The van der Waals surface area contributed by atoms with Crippen molar-refractivity contribution in [3.05, 3.63) is 65.9 Å². The quantitative estimate of drug-likeness (QED) is 0.185. The first-order valence-electron chi connectivity index (χ1n) is 17.0. The Kier molecular flexibility index (Phi) is 11.0. The summed E-state index contributed by atoms with van der Waals surface area (Å²) in [5, 5.41) is 11.2. The monoisotopic (exact) mass is 675 g/mol. The molecule has 2 atom stereocenters. The molecule has 12 heteroatoms. The molecule has 0 spiro atoms. The summed E-state index contributed by atoms with van der Waals surface area (Å²) in [5.74, 6) is 0.506. The highest BCUT2D eigenvalue weighted by Crippen LogP contribution is 2.34. The van der Waals surface area contributed by atoms with Gasteiger partial charge >= 0.3 is 12.2 Å². The van der Waals surface area contributed by atoms with E-state index in [0.29, 0.717) is 29.4 Å². The number of nitrogens with zero attached hydrogens (tertiary/aromatic N) is 5. The third kappa shape index (κ3) is 9.30. The molecule has 0 saturated carbocycles. The van der Waals surface area contributed by atoms with E-state index in [4.69, 9.17) is 14.5 Å². The summed E-state index contributed by atoms with van der Waals surface area (Å²) in [4.78, 5) is 48.9. The summed E-state index contributed by atoms with van der Waals surface area (Å²) >= 11 is 0. The van der Waals surface area contributed by atoms with E-state index in [1.54, 1.807) is 55.4 Å². The molecule has 1 aliphatic rings. The average Bonchev–Trinajstić information content (AvgIpc) is 3.41. The van der Waals surface area contributed by atoms with Crippen molar-refractivity contribution in [2.75, 3.05) is 16.8 Å². The molecule has 0 radical (unpaired) electrons. The summed E-state index contributed by atoms with van der Waals surface area (Å²) < 4.78 is 13.4. The van der Waals surface area contributed by atoms with E-state index in [9.17, 15) is 14.4 Å². The lowest BCUT2D eigenvalue weighted by Crippen LogP contribution is -2.57. The maximum Gasteiger partial charge on any atom is 0.418 e. The number of piperidine rings is 1. The molecule has 1 fully saturated rings. The molecule has 1 unspecified atom stereocenters. The SMILES string of the molecule is CC=CC(=O)NC(c1ccccc1)N(C(=O)OC(C)(C)C)c1cc(N[C@H]2CCC(C)(C)N(C(=O)OC(C)(C)C)C2)nc2c(C(C)C)cnn12. The van der Waals surface area contributed by atoms with Crippen LogP contribution in [0.25, 0.3) is 5.65 Å². The topological polar surface area (TPSA) is 130 Å². The summed E-state index contributed by atoms with van der Waals surface area (Å²) in [7, 11) is 0. The maximum atomic E-state index is 14.3. The zero-order chi connectivity index (χ0) is 36.3.